The first-order valence-corrected chi connectivity index (χ1v) is 5.68. The van der Waals surface area contributed by atoms with E-state index in [1.807, 2.05) is 25.7 Å². The molecule has 1 aliphatic carbocycles. The normalized spacial score (nSPS) is 30.5. The van der Waals surface area contributed by atoms with E-state index in [2.05, 4.69) is 5.32 Å². The summed E-state index contributed by atoms with van der Waals surface area (Å²) < 4.78 is 5.39. The number of carbonyl (C=O) groups excluding carboxylic acids is 1. The fraction of sp³-hybridized carbons (Fsp3) is 0.909. The van der Waals surface area contributed by atoms with Crippen LogP contribution >= 0.6 is 0 Å². The second-order valence-electron chi connectivity index (χ2n) is 5.44. The molecule has 0 aromatic rings. The minimum atomic E-state index is -0.388. The summed E-state index contributed by atoms with van der Waals surface area (Å²) in [5.41, 5.74) is -0.388. The van der Waals surface area contributed by atoms with Crippen molar-refractivity contribution in [3.05, 3.63) is 0 Å². The number of rotatable bonds is 0. The minimum Gasteiger partial charge on any atom is -0.444 e. The third kappa shape index (κ3) is 2.62. The van der Waals surface area contributed by atoms with Gasteiger partial charge in [0.2, 0.25) is 0 Å². The van der Waals surface area contributed by atoms with E-state index >= 15 is 0 Å². The highest BCUT2D eigenvalue weighted by Gasteiger charge is 2.45. The maximum absolute atomic E-state index is 11.9. The quantitative estimate of drug-likeness (QED) is 0.656. The number of nitrogens with one attached hydrogen (secondary N) is 1. The summed E-state index contributed by atoms with van der Waals surface area (Å²) in [6, 6.07) is 0.426. The van der Waals surface area contributed by atoms with Gasteiger partial charge >= 0.3 is 6.09 Å². The predicted molar refractivity (Wildman–Crippen MR) is 57.7 cm³/mol. The van der Waals surface area contributed by atoms with Crippen LogP contribution in [-0.2, 0) is 4.74 Å². The second kappa shape index (κ2) is 3.67. The van der Waals surface area contributed by atoms with Gasteiger partial charge in [0.1, 0.15) is 5.60 Å². The van der Waals surface area contributed by atoms with Crippen molar-refractivity contribution in [2.24, 2.45) is 5.92 Å². The molecule has 1 aliphatic heterocycles. The van der Waals surface area contributed by atoms with Gasteiger partial charge in [-0.2, -0.15) is 0 Å². The molecule has 15 heavy (non-hydrogen) atoms. The topological polar surface area (TPSA) is 41.6 Å². The van der Waals surface area contributed by atoms with Crippen molar-refractivity contribution in [1.82, 2.24) is 10.2 Å². The van der Waals surface area contributed by atoms with E-state index in [1.54, 1.807) is 0 Å². The molecule has 1 amide bonds. The molecule has 2 atom stereocenters. The van der Waals surface area contributed by atoms with Crippen molar-refractivity contribution in [1.29, 1.82) is 0 Å². The maximum Gasteiger partial charge on any atom is 0.410 e. The first-order valence-electron chi connectivity index (χ1n) is 5.68. The van der Waals surface area contributed by atoms with Crippen molar-refractivity contribution < 1.29 is 9.53 Å². The summed E-state index contributed by atoms with van der Waals surface area (Å²) in [6.45, 7) is 8.42. The lowest BCUT2D eigenvalue weighted by atomic mass is 10.2. The van der Waals surface area contributed by atoms with Gasteiger partial charge in [0, 0.05) is 25.7 Å². The summed E-state index contributed by atoms with van der Waals surface area (Å²) in [5, 5.41) is 3.34. The Morgan fingerprint density at radius 3 is 2.87 bits per heavy atom. The van der Waals surface area contributed by atoms with Crippen LogP contribution in [0.15, 0.2) is 0 Å². The van der Waals surface area contributed by atoms with Gasteiger partial charge in [-0.05, 0) is 33.1 Å². The van der Waals surface area contributed by atoms with Crippen LogP contribution in [0.1, 0.15) is 27.2 Å². The molecule has 1 saturated heterocycles. The Balaban J connectivity index is 1.94. The summed E-state index contributed by atoms with van der Waals surface area (Å²) >= 11 is 0. The van der Waals surface area contributed by atoms with Crippen LogP contribution in [0.5, 0.6) is 0 Å². The minimum absolute atomic E-state index is 0.154. The van der Waals surface area contributed by atoms with Crippen molar-refractivity contribution in [2.75, 3.05) is 19.6 Å². The highest BCUT2D eigenvalue weighted by atomic mass is 16.6. The molecule has 4 heteroatoms. The third-order valence-electron chi connectivity index (χ3n) is 2.85. The molecule has 0 bridgehead atoms. The Labute approximate surface area is 91.0 Å². The van der Waals surface area contributed by atoms with Crippen LogP contribution in [0.2, 0.25) is 0 Å². The molecule has 4 nitrogen and oxygen atoms in total. The van der Waals surface area contributed by atoms with Gasteiger partial charge in [0.15, 0.2) is 0 Å². The van der Waals surface area contributed by atoms with Crippen LogP contribution < -0.4 is 5.32 Å². The Morgan fingerprint density at radius 1 is 1.47 bits per heavy atom. The van der Waals surface area contributed by atoms with Gasteiger partial charge in [0.05, 0.1) is 0 Å². The van der Waals surface area contributed by atoms with Gasteiger partial charge < -0.3 is 15.0 Å². The SMILES string of the molecule is CC(C)(C)OC(=O)N1CCNCC2CC21. The molecular weight excluding hydrogens is 192 g/mol. The second-order valence-corrected chi connectivity index (χ2v) is 5.44. The van der Waals surface area contributed by atoms with Gasteiger partial charge in [-0.25, -0.2) is 4.79 Å². The van der Waals surface area contributed by atoms with Crippen LogP contribution in [-0.4, -0.2) is 42.3 Å². The number of nitrogens with zero attached hydrogens (tertiary/aromatic N) is 1. The van der Waals surface area contributed by atoms with Crippen molar-refractivity contribution in [2.45, 2.75) is 38.8 Å². The van der Waals surface area contributed by atoms with Crippen molar-refractivity contribution >= 4 is 6.09 Å². The molecule has 0 aromatic carbocycles. The van der Waals surface area contributed by atoms with E-state index < -0.39 is 0 Å². The van der Waals surface area contributed by atoms with Crippen molar-refractivity contribution in [3.63, 3.8) is 0 Å². The molecule has 2 aliphatic rings. The summed E-state index contributed by atoms with van der Waals surface area (Å²) in [4.78, 5) is 13.8. The maximum atomic E-state index is 11.9. The van der Waals surface area contributed by atoms with Gasteiger partial charge in [-0.1, -0.05) is 0 Å². The number of carbonyl (C=O) groups is 1. The van der Waals surface area contributed by atoms with Gasteiger partial charge in [0.25, 0.3) is 0 Å². The fourth-order valence-electron chi connectivity index (χ4n) is 2.03. The monoisotopic (exact) mass is 212 g/mol. The zero-order chi connectivity index (χ0) is 11.1. The fourth-order valence-corrected chi connectivity index (χ4v) is 2.03. The van der Waals surface area contributed by atoms with Crippen LogP contribution in [0.3, 0.4) is 0 Å². The number of hydrogen-bond donors (Lipinski definition) is 1. The third-order valence-corrected chi connectivity index (χ3v) is 2.85. The lowest BCUT2D eigenvalue weighted by molar-refractivity contribution is 0.0237. The van der Waals surface area contributed by atoms with Crippen LogP contribution in [0, 0.1) is 5.92 Å². The lowest BCUT2D eigenvalue weighted by Crippen LogP contribution is -2.40. The van der Waals surface area contributed by atoms with E-state index in [1.165, 1.54) is 0 Å². The lowest BCUT2D eigenvalue weighted by Gasteiger charge is -2.26. The highest BCUT2D eigenvalue weighted by Crippen LogP contribution is 2.36. The molecule has 86 valence electrons. The highest BCUT2D eigenvalue weighted by molar-refractivity contribution is 5.69. The Bertz CT molecular complexity index is 260. The average molecular weight is 212 g/mol. The largest absolute Gasteiger partial charge is 0.444 e. The summed E-state index contributed by atoms with van der Waals surface area (Å²) in [6.07, 6.45) is 0.977. The molecule has 1 saturated carbocycles. The Hall–Kier alpha value is -0.770. The number of fused-ring (bicyclic) bond motifs is 1. The van der Waals surface area contributed by atoms with E-state index in [-0.39, 0.29) is 11.7 Å². The molecule has 1 heterocycles. The molecule has 1 N–H and O–H groups in total. The molecule has 2 rings (SSSR count). The van der Waals surface area contributed by atoms with E-state index in [0.717, 1.165) is 26.1 Å². The summed E-state index contributed by atoms with van der Waals surface area (Å²) in [7, 11) is 0. The van der Waals surface area contributed by atoms with E-state index in [0.29, 0.717) is 12.0 Å². The zero-order valence-corrected chi connectivity index (χ0v) is 9.75. The molecule has 0 aromatic heterocycles. The molecular formula is C11H20N2O2. The van der Waals surface area contributed by atoms with E-state index in [4.69, 9.17) is 4.74 Å². The van der Waals surface area contributed by atoms with Gasteiger partial charge in [-0.3, -0.25) is 0 Å². The molecule has 0 spiro atoms. The Kier molecular flexibility index (Phi) is 2.63. The van der Waals surface area contributed by atoms with Crippen LogP contribution in [0.4, 0.5) is 4.79 Å². The zero-order valence-electron chi connectivity index (χ0n) is 9.75. The Morgan fingerprint density at radius 2 is 2.20 bits per heavy atom. The average Bonchev–Trinajstić information content (AvgIpc) is 2.75. The molecule has 2 fully saturated rings. The first-order chi connectivity index (χ1) is 6.97. The van der Waals surface area contributed by atoms with Crippen molar-refractivity contribution in [3.8, 4) is 0 Å². The van der Waals surface area contributed by atoms with Crippen LogP contribution in [0.25, 0.3) is 0 Å². The first kappa shape index (κ1) is 10.7. The number of hydrogen-bond acceptors (Lipinski definition) is 3. The van der Waals surface area contributed by atoms with E-state index in [9.17, 15) is 4.79 Å². The standard InChI is InChI=1S/C11H20N2O2/c1-11(2,3)15-10(14)13-5-4-12-7-8-6-9(8)13/h8-9,12H,4-7H2,1-3H3. The smallest absolute Gasteiger partial charge is 0.410 e. The number of ether oxygens (including phenoxy) is 1. The van der Waals surface area contributed by atoms with Gasteiger partial charge in [-0.15, -0.1) is 0 Å². The predicted octanol–water partition coefficient (Wildman–Crippen LogP) is 1.22. The molecule has 2 unspecified atom stereocenters. The summed E-state index contributed by atoms with van der Waals surface area (Å²) in [5.74, 6) is 0.653. The number of amides is 1. The molecule has 0 radical (unpaired) electrons.